The predicted molar refractivity (Wildman–Crippen MR) is 112 cm³/mol. The van der Waals surface area contributed by atoms with Crippen LogP contribution in [0, 0.1) is 5.92 Å². The number of aliphatic imine (C=N–C) groups is 1. The third-order valence-corrected chi connectivity index (χ3v) is 4.67. The Kier molecular flexibility index (Phi) is 10.1. The van der Waals surface area contributed by atoms with Crippen molar-refractivity contribution in [1.29, 1.82) is 0 Å². The van der Waals surface area contributed by atoms with Gasteiger partial charge < -0.3 is 25.2 Å². The third-order valence-electron chi connectivity index (χ3n) is 4.67. The maximum atomic E-state index is 12.2. The number of carbonyl (C=O) groups is 2. The Morgan fingerprint density at radius 3 is 2.36 bits per heavy atom. The van der Waals surface area contributed by atoms with Gasteiger partial charge in [-0.1, -0.05) is 0 Å². The molecule has 2 N–H and O–H groups in total. The second-order valence-corrected chi connectivity index (χ2v) is 8.10. The van der Waals surface area contributed by atoms with Gasteiger partial charge in [0.1, 0.15) is 5.60 Å². The zero-order valence-electron chi connectivity index (χ0n) is 18.5. The molecule has 0 unspecified atom stereocenters. The first-order valence-corrected chi connectivity index (χ1v) is 10.4. The van der Waals surface area contributed by atoms with E-state index in [4.69, 9.17) is 9.73 Å². The number of amides is 2. The number of likely N-dealkylation sites (tertiary alicyclic amines) is 1. The number of nitrogens with zero attached hydrogens (tertiary/aromatic N) is 3. The van der Waals surface area contributed by atoms with Gasteiger partial charge >= 0.3 is 6.09 Å². The molecule has 0 radical (unpaired) electrons. The van der Waals surface area contributed by atoms with E-state index in [0.717, 1.165) is 38.4 Å². The van der Waals surface area contributed by atoms with Gasteiger partial charge in [-0.2, -0.15) is 0 Å². The molecule has 0 aliphatic carbocycles. The molecule has 2 amide bonds. The van der Waals surface area contributed by atoms with Crippen molar-refractivity contribution < 1.29 is 14.3 Å². The molecule has 28 heavy (non-hydrogen) atoms. The van der Waals surface area contributed by atoms with Crippen molar-refractivity contribution in [3.63, 3.8) is 0 Å². The summed E-state index contributed by atoms with van der Waals surface area (Å²) in [7, 11) is 1.68. The lowest BCUT2D eigenvalue weighted by atomic mass is 9.93. The minimum absolute atomic E-state index is 0.112. The molecule has 162 valence electrons. The molecule has 8 nitrogen and oxygen atoms in total. The fourth-order valence-electron chi connectivity index (χ4n) is 3.12. The monoisotopic (exact) mass is 397 g/mol. The highest BCUT2D eigenvalue weighted by Crippen LogP contribution is 2.20. The van der Waals surface area contributed by atoms with Crippen LogP contribution in [-0.4, -0.2) is 79.7 Å². The summed E-state index contributed by atoms with van der Waals surface area (Å²) in [5.41, 5.74) is -0.498. The quantitative estimate of drug-likeness (QED) is 0.507. The average Bonchev–Trinajstić information content (AvgIpc) is 2.63. The Morgan fingerprint density at radius 2 is 1.86 bits per heavy atom. The normalized spacial score (nSPS) is 15.9. The fraction of sp³-hybridized carbons (Fsp3) is 0.850. The SMILES string of the molecule is CCNC(=NCCN(CC)C(=O)OC(C)(C)C)N1CCC(CC(=O)NC)CC1. The van der Waals surface area contributed by atoms with Gasteiger partial charge in [0.05, 0.1) is 6.54 Å². The van der Waals surface area contributed by atoms with Gasteiger partial charge in [-0.3, -0.25) is 9.79 Å². The second-order valence-electron chi connectivity index (χ2n) is 8.10. The van der Waals surface area contributed by atoms with Gasteiger partial charge in [0.15, 0.2) is 5.96 Å². The predicted octanol–water partition coefficient (Wildman–Crippen LogP) is 2.06. The number of hydrogen-bond acceptors (Lipinski definition) is 4. The van der Waals surface area contributed by atoms with Crippen molar-refractivity contribution in [2.75, 3.05) is 46.3 Å². The Bertz CT molecular complexity index is 522. The van der Waals surface area contributed by atoms with Crippen LogP contribution < -0.4 is 10.6 Å². The molecule has 1 fully saturated rings. The van der Waals surface area contributed by atoms with Crippen LogP contribution in [0.2, 0.25) is 0 Å². The summed E-state index contributed by atoms with van der Waals surface area (Å²) >= 11 is 0. The lowest BCUT2D eigenvalue weighted by Crippen LogP contribution is -2.46. The Labute approximate surface area is 170 Å². The van der Waals surface area contributed by atoms with Crippen LogP contribution in [0.1, 0.15) is 53.9 Å². The lowest BCUT2D eigenvalue weighted by molar-refractivity contribution is -0.121. The van der Waals surface area contributed by atoms with E-state index in [2.05, 4.69) is 15.5 Å². The summed E-state index contributed by atoms with van der Waals surface area (Å²) in [6.07, 6.45) is 2.26. The van der Waals surface area contributed by atoms with Gasteiger partial charge in [-0.25, -0.2) is 4.79 Å². The van der Waals surface area contributed by atoms with Crippen LogP contribution in [0.15, 0.2) is 4.99 Å². The zero-order valence-corrected chi connectivity index (χ0v) is 18.5. The zero-order chi connectivity index (χ0) is 21.2. The molecular formula is C20H39N5O3. The van der Waals surface area contributed by atoms with E-state index in [-0.39, 0.29) is 12.0 Å². The second kappa shape index (κ2) is 11.8. The van der Waals surface area contributed by atoms with E-state index in [1.165, 1.54) is 0 Å². The first-order chi connectivity index (χ1) is 13.2. The van der Waals surface area contributed by atoms with Crippen molar-refractivity contribution in [3.05, 3.63) is 0 Å². The summed E-state index contributed by atoms with van der Waals surface area (Å²) < 4.78 is 5.44. The van der Waals surface area contributed by atoms with Crippen LogP contribution in [0.3, 0.4) is 0 Å². The summed E-state index contributed by atoms with van der Waals surface area (Å²) in [5.74, 6) is 1.42. The van der Waals surface area contributed by atoms with Gasteiger partial charge in [0.25, 0.3) is 0 Å². The molecule has 0 aromatic carbocycles. The molecule has 8 heteroatoms. The smallest absolute Gasteiger partial charge is 0.410 e. The molecule has 0 bridgehead atoms. The number of piperidine rings is 1. The first-order valence-electron chi connectivity index (χ1n) is 10.4. The number of hydrogen-bond donors (Lipinski definition) is 2. The van der Waals surface area contributed by atoms with Crippen LogP contribution >= 0.6 is 0 Å². The topological polar surface area (TPSA) is 86.3 Å². The van der Waals surface area contributed by atoms with Crippen molar-refractivity contribution in [2.24, 2.45) is 10.9 Å². The molecule has 1 aliphatic heterocycles. The van der Waals surface area contributed by atoms with E-state index < -0.39 is 5.60 Å². The highest BCUT2D eigenvalue weighted by molar-refractivity contribution is 5.80. The molecule has 1 aliphatic rings. The molecule has 1 heterocycles. The fourth-order valence-corrected chi connectivity index (χ4v) is 3.12. The van der Waals surface area contributed by atoms with E-state index >= 15 is 0 Å². The van der Waals surface area contributed by atoms with Crippen LogP contribution in [-0.2, 0) is 9.53 Å². The summed E-state index contributed by atoms with van der Waals surface area (Å²) in [4.78, 5) is 32.4. The number of carbonyl (C=O) groups excluding carboxylic acids is 2. The molecular weight excluding hydrogens is 358 g/mol. The lowest BCUT2D eigenvalue weighted by Gasteiger charge is -2.34. The van der Waals surface area contributed by atoms with Gasteiger partial charge in [0, 0.05) is 46.2 Å². The molecule has 0 aromatic heterocycles. The Balaban J connectivity index is 2.57. The van der Waals surface area contributed by atoms with Gasteiger partial charge in [0.2, 0.25) is 5.91 Å². The molecule has 0 aromatic rings. The Morgan fingerprint density at radius 1 is 1.21 bits per heavy atom. The summed E-state index contributed by atoms with van der Waals surface area (Å²) in [6.45, 7) is 13.8. The first kappa shape index (κ1) is 24.0. The Hall–Kier alpha value is -1.99. The maximum absolute atomic E-state index is 12.2. The number of rotatable bonds is 7. The minimum atomic E-state index is -0.498. The molecule has 1 saturated heterocycles. The summed E-state index contributed by atoms with van der Waals surface area (Å²) in [5, 5.41) is 6.04. The van der Waals surface area contributed by atoms with Crippen LogP contribution in [0.5, 0.6) is 0 Å². The maximum Gasteiger partial charge on any atom is 0.410 e. The minimum Gasteiger partial charge on any atom is -0.444 e. The number of nitrogens with one attached hydrogen (secondary N) is 2. The van der Waals surface area contributed by atoms with Crippen molar-refractivity contribution in [2.45, 2.75) is 59.5 Å². The number of likely N-dealkylation sites (N-methyl/N-ethyl adjacent to an activating group) is 1. The number of ether oxygens (including phenoxy) is 1. The average molecular weight is 398 g/mol. The van der Waals surface area contributed by atoms with Crippen LogP contribution in [0.4, 0.5) is 4.79 Å². The highest BCUT2D eigenvalue weighted by atomic mass is 16.6. The third kappa shape index (κ3) is 8.80. The standard InChI is InChI=1S/C20H39N5O3/c1-7-22-18(25-12-9-16(10-13-25)15-17(26)21-6)23-11-14-24(8-2)19(27)28-20(3,4)5/h16H,7-15H2,1-6H3,(H,21,26)(H,22,23). The summed E-state index contributed by atoms with van der Waals surface area (Å²) in [6, 6.07) is 0. The van der Waals surface area contributed by atoms with Gasteiger partial charge in [-0.15, -0.1) is 0 Å². The van der Waals surface area contributed by atoms with Gasteiger partial charge in [-0.05, 0) is 53.4 Å². The van der Waals surface area contributed by atoms with E-state index in [9.17, 15) is 9.59 Å². The molecule has 0 saturated carbocycles. The van der Waals surface area contributed by atoms with Crippen molar-refractivity contribution in [1.82, 2.24) is 20.4 Å². The van der Waals surface area contributed by atoms with E-state index in [1.54, 1.807) is 11.9 Å². The molecule has 0 spiro atoms. The van der Waals surface area contributed by atoms with E-state index in [0.29, 0.717) is 32.0 Å². The van der Waals surface area contributed by atoms with Crippen LogP contribution in [0.25, 0.3) is 0 Å². The van der Waals surface area contributed by atoms with Crippen molar-refractivity contribution in [3.8, 4) is 0 Å². The largest absolute Gasteiger partial charge is 0.444 e. The molecule has 0 atom stereocenters. The van der Waals surface area contributed by atoms with E-state index in [1.807, 2.05) is 34.6 Å². The number of guanidine groups is 1. The molecule has 1 rings (SSSR count). The van der Waals surface area contributed by atoms with Crippen molar-refractivity contribution >= 4 is 18.0 Å². The highest BCUT2D eigenvalue weighted by Gasteiger charge is 2.24.